The average Bonchev–Trinajstić information content (AvgIpc) is 3.49. The summed E-state index contributed by atoms with van der Waals surface area (Å²) < 4.78 is 81.0. The van der Waals surface area contributed by atoms with E-state index < -0.39 is 35.4 Å². The van der Waals surface area contributed by atoms with Gasteiger partial charge in [-0.15, -0.1) is 0 Å². The number of imidazole rings is 1. The van der Waals surface area contributed by atoms with Gasteiger partial charge in [-0.25, -0.2) is 4.79 Å². The molecule has 0 spiro atoms. The van der Waals surface area contributed by atoms with Crippen LogP contribution >= 0.6 is 0 Å². The van der Waals surface area contributed by atoms with Crippen molar-refractivity contribution in [1.29, 1.82) is 0 Å². The lowest BCUT2D eigenvalue weighted by atomic mass is 9.74. The predicted octanol–water partition coefficient (Wildman–Crippen LogP) is 5.36. The maximum absolute atomic E-state index is 13.4. The van der Waals surface area contributed by atoms with Crippen molar-refractivity contribution in [3.8, 4) is 0 Å². The van der Waals surface area contributed by atoms with Crippen molar-refractivity contribution >= 4 is 5.91 Å². The van der Waals surface area contributed by atoms with E-state index in [4.69, 9.17) is 0 Å². The van der Waals surface area contributed by atoms with E-state index in [1.165, 1.54) is 0 Å². The molecular weight excluding hydrogens is 514 g/mol. The summed E-state index contributed by atoms with van der Waals surface area (Å²) >= 11 is 0. The Morgan fingerprint density at radius 1 is 1.03 bits per heavy atom. The number of amides is 1. The summed E-state index contributed by atoms with van der Waals surface area (Å²) in [5.41, 5.74) is -3.96. The van der Waals surface area contributed by atoms with Crippen LogP contribution in [0.3, 0.4) is 0 Å². The molecule has 4 rings (SSSR count). The third kappa shape index (κ3) is 5.79. The molecule has 2 N–H and O–H groups in total. The van der Waals surface area contributed by atoms with E-state index in [2.05, 4.69) is 15.2 Å². The van der Waals surface area contributed by atoms with Crippen molar-refractivity contribution in [2.45, 2.75) is 76.9 Å². The number of H-pyrrole nitrogens is 1. The largest absolute Gasteiger partial charge is 0.416 e. The van der Waals surface area contributed by atoms with Gasteiger partial charge < -0.3 is 15.2 Å². The molecule has 0 unspecified atom stereocenters. The van der Waals surface area contributed by atoms with Crippen LogP contribution in [-0.4, -0.2) is 39.5 Å². The maximum Gasteiger partial charge on any atom is 0.416 e. The van der Waals surface area contributed by atoms with Gasteiger partial charge in [0, 0.05) is 44.1 Å². The Labute approximate surface area is 216 Å². The number of halogens is 6. The number of nitrogens with zero attached hydrogens (tertiary/aromatic N) is 2. The predicted molar refractivity (Wildman–Crippen MR) is 128 cm³/mol. The monoisotopic (exact) mass is 546 g/mol. The topological polar surface area (TPSA) is 70.1 Å². The van der Waals surface area contributed by atoms with Crippen LogP contribution < -0.4 is 11.0 Å². The second kappa shape index (κ2) is 10.4. The van der Waals surface area contributed by atoms with Crippen molar-refractivity contribution in [2.75, 3.05) is 13.1 Å². The van der Waals surface area contributed by atoms with E-state index in [9.17, 15) is 35.9 Å². The van der Waals surface area contributed by atoms with E-state index in [1.807, 2.05) is 13.8 Å². The molecule has 2 aromatic rings. The summed E-state index contributed by atoms with van der Waals surface area (Å²) in [5.74, 6) is -0.426. The number of rotatable bonds is 6. The molecule has 1 aliphatic heterocycles. The smallest absolute Gasteiger partial charge is 0.352 e. The van der Waals surface area contributed by atoms with Crippen LogP contribution in [0.1, 0.15) is 68.7 Å². The number of benzene rings is 1. The van der Waals surface area contributed by atoms with Crippen molar-refractivity contribution in [2.24, 2.45) is 11.3 Å². The summed E-state index contributed by atoms with van der Waals surface area (Å²) in [4.78, 5) is 30.3. The van der Waals surface area contributed by atoms with Gasteiger partial charge in [0.25, 0.3) is 0 Å². The van der Waals surface area contributed by atoms with Crippen molar-refractivity contribution < 1.29 is 31.1 Å². The fourth-order valence-corrected chi connectivity index (χ4v) is 5.98. The summed E-state index contributed by atoms with van der Waals surface area (Å²) in [6.45, 7) is 4.94. The number of likely N-dealkylation sites (tertiary alicyclic amines) is 1. The Morgan fingerprint density at radius 3 is 2.13 bits per heavy atom. The Hall–Kier alpha value is -2.76. The standard InChI is InChI=1S/C26H32F6N4O2/c1-16(2)24(6-3-21(14-24)35-8-4-20(5-9-35)36-10-7-33-23(36)38)22(37)34-15-17-11-18(25(27,28)29)13-19(12-17)26(30,31)32/h7,10-13,16,20-21H,3-6,8-9,14-15H2,1-2H3,(H,33,38)(H,34,37)/t21-,24+/m1/s1. The van der Waals surface area contributed by atoms with Gasteiger partial charge >= 0.3 is 18.0 Å². The van der Waals surface area contributed by atoms with Crippen LogP contribution in [0, 0.1) is 11.3 Å². The second-order valence-corrected chi connectivity index (χ2v) is 10.7. The molecule has 2 atom stereocenters. The Kier molecular flexibility index (Phi) is 7.75. The zero-order chi connectivity index (χ0) is 27.9. The minimum absolute atomic E-state index is 0.0734. The van der Waals surface area contributed by atoms with Gasteiger partial charge in [-0.2, -0.15) is 26.3 Å². The Bertz CT molecular complexity index is 1160. The molecule has 1 saturated heterocycles. The van der Waals surface area contributed by atoms with Crippen LogP contribution in [0.25, 0.3) is 0 Å². The molecular formula is C26H32F6N4O2. The van der Waals surface area contributed by atoms with Crippen LogP contribution in [0.15, 0.2) is 35.4 Å². The maximum atomic E-state index is 13.4. The van der Waals surface area contributed by atoms with Gasteiger partial charge in [0.05, 0.1) is 16.5 Å². The van der Waals surface area contributed by atoms with Crippen molar-refractivity contribution in [3.63, 3.8) is 0 Å². The van der Waals surface area contributed by atoms with Gasteiger partial charge in [-0.1, -0.05) is 13.8 Å². The number of carbonyl (C=O) groups excluding carboxylic acids is 1. The van der Waals surface area contributed by atoms with E-state index in [-0.39, 0.29) is 41.2 Å². The first kappa shape index (κ1) is 28.3. The number of aromatic amines is 1. The number of aromatic nitrogens is 2. The number of carbonyl (C=O) groups is 1. The molecule has 0 bridgehead atoms. The summed E-state index contributed by atoms with van der Waals surface area (Å²) in [6.07, 6.45) is -3.03. The lowest BCUT2D eigenvalue weighted by molar-refractivity contribution is -0.143. The molecule has 1 amide bonds. The zero-order valence-corrected chi connectivity index (χ0v) is 21.3. The number of hydrogen-bond donors (Lipinski definition) is 2. The first-order valence-corrected chi connectivity index (χ1v) is 12.8. The highest BCUT2D eigenvalue weighted by atomic mass is 19.4. The van der Waals surface area contributed by atoms with Crippen LogP contribution in [0.4, 0.5) is 26.3 Å². The average molecular weight is 547 g/mol. The lowest BCUT2D eigenvalue weighted by Crippen LogP contribution is -2.46. The van der Waals surface area contributed by atoms with Gasteiger partial charge in [0.2, 0.25) is 5.91 Å². The molecule has 1 aromatic heterocycles. The molecule has 1 aromatic carbocycles. The number of nitrogens with one attached hydrogen (secondary N) is 2. The minimum Gasteiger partial charge on any atom is -0.352 e. The molecule has 6 nitrogen and oxygen atoms in total. The zero-order valence-electron chi connectivity index (χ0n) is 21.3. The third-order valence-corrected chi connectivity index (χ3v) is 8.27. The molecule has 0 radical (unpaired) electrons. The molecule has 12 heteroatoms. The fourth-order valence-electron chi connectivity index (χ4n) is 5.98. The highest BCUT2D eigenvalue weighted by Crippen LogP contribution is 2.47. The quantitative estimate of drug-likeness (QED) is 0.480. The van der Waals surface area contributed by atoms with Crippen LogP contribution in [0.2, 0.25) is 0 Å². The van der Waals surface area contributed by atoms with Gasteiger partial charge in [-0.3, -0.25) is 9.36 Å². The molecule has 2 aliphatic rings. The van der Waals surface area contributed by atoms with Crippen molar-refractivity contribution in [1.82, 2.24) is 19.8 Å². The molecule has 2 heterocycles. The third-order valence-electron chi connectivity index (χ3n) is 8.27. The van der Waals surface area contributed by atoms with Gasteiger partial charge in [-0.05, 0) is 61.8 Å². The summed E-state index contributed by atoms with van der Waals surface area (Å²) in [7, 11) is 0. The van der Waals surface area contributed by atoms with Gasteiger partial charge in [0.15, 0.2) is 0 Å². The molecule has 1 aliphatic carbocycles. The summed E-state index contributed by atoms with van der Waals surface area (Å²) in [6, 6.07) is 1.62. The van der Waals surface area contributed by atoms with E-state index in [0.717, 1.165) is 32.4 Å². The van der Waals surface area contributed by atoms with E-state index in [1.54, 1.807) is 17.0 Å². The van der Waals surface area contributed by atoms with E-state index in [0.29, 0.717) is 25.0 Å². The number of alkyl halides is 6. The molecule has 1 saturated carbocycles. The summed E-state index contributed by atoms with van der Waals surface area (Å²) in [5, 5.41) is 2.64. The lowest BCUT2D eigenvalue weighted by Gasteiger charge is -2.38. The number of piperidine rings is 1. The normalized spacial score (nSPS) is 23.8. The Balaban J connectivity index is 1.43. The fraction of sp³-hybridized carbons (Fsp3) is 0.615. The second-order valence-electron chi connectivity index (χ2n) is 10.7. The minimum atomic E-state index is -4.94. The first-order valence-electron chi connectivity index (χ1n) is 12.8. The van der Waals surface area contributed by atoms with Gasteiger partial charge in [0.1, 0.15) is 0 Å². The molecule has 210 valence electrons. The first-order chi connectivity index (χ1) is 17.7. The number of hydrogen-bond acceptors (Lipinski definition) is 3. The highest BCUT2D eigenvalue weighted by molar-refractivity contribution is 5.83. The molecule has 38 heavy (non-hydrogen) atoms. The molecule has 2 fully saturated rings. The Morgan fingerprint density at radius 2 is 1.63 bits per heavy atom. The SMILES string of the molecule is CC(C)[C@]1(C(=O)NCc2cc(C(F)(F)F)cc(C(F)(F)F)c2)CC[C@@H](N2CCC(n3cc[nH]c3=O)CC2)C1. The van der Waals surface area contributed by atoms with Crippen LogP contribution in [-0.2, 0) is 23.7 Å². The van der Waals surface area contributed by atoms with E-state index >= 15 is 0 Å². The van der Waals surface area contributed by atoms with Crippen LogP contribution in [0.5, 0.6) is 0 Å². The highest BCUT2D eigenvalue weighted by Gasteiger charge is 2.49. The van der Waals surface area contributed by atoms with Crippen molar-refractivity contribution in [3.05, 3.63) is 57.8 Å².